The molecule has 1 aliphatic heterocycles. The molecule has 1 saturated heterocycles. The standard InChI is InChI=1S/C13H20N6O/c1-10(13-17-16-11(2)20-13)19-6-4-3-5-12(19)7-18-9-14-8-15-18/h8-10,12H,3-7H2,1-2H3. The van der Waals surface area contributed by atoms with Gasteiger partial charge in [-0.1, -0.05) is 6.42 Å². The van der Waals surface area contributed by atoms with Crippen molar-refractivity contribution in [3.8, 4) is 0 Å². The molecule has 2 aromatic rings. The monoisotopic (exact) mass is 276 g/mol. The molecule has 2 atom stereocenters. The lowest BCUT2D eigenvalue weighted by Gasteiger charge is -2.38. The van der Waals surface area contributed by atoms with Crippen LogP contribution in [0.5, 0.6) is 0 Å². The number of aromatic nitrogens is 5. The summed E-state index contributed by atoms with van der Waals surface area (Å²) in [4.78, 5) is 6.45. The molecular formula is C13H20N6O. The third kappa shape index (κ3) is 2.72. The first-order chi connectivity index (χ1) is 9.74. The van der Waals surface area contributed by atoms with Crippen molar-refractivity contribution in [1.29, 1.82) is 0 Å². The van der Waals surface area contributed by atoms with Gasteiger partial charge in [-0.25, -0.2) is 4.98 Å². The molecule has 0 spiro atoms. The number of hydrogen-bond acceptors (Lipinski definition) is 6. The molecule has 0 bridgehead atoms. The summed E-state index contributed by atoms with van der Waals surface area (Å²) >= 11 is 0. The highest BCUT2D eigenvalue weighted by atomic mass is 16.4. The molecule has 0 aliphatic carbocycles. The lowest BCUT2D eigenvalue weighted by Crippen LogP contribution is -2.43. The lowest BCUT2D eigenvalue weighted by molar-refractivity contribution is 0.0747. The van der Waals surface area contributed by atoms with Crippen molar-refractivity contribution < 1.29 is 4.42 Å². The van der Waals surface area contributed by atoms with E-state index in [-0.39, 0.29) is 6.04 Å². The highest BCUT2D eigenvalue weighted by Gasteiger charge is 2.30. The second kappa shape index (κ2) is 5.70. The minimum Gasteiger partial charge on any atom is -0.424 e. The van der Waals surface area contributed by atoms with Crippen LogP contribution in [0, 0.1) is 6.92 Å². The van der Waals surface area contributed by atoms with Crippen LogP contribution in [0.1, 0.15) is 44.0 Å². The molecule has 0 aromatic carbocycles. The summed E-state index contributed by atoms with van der Waals surface area (Å²) < 4.78 is 7.48. The Hall–Kier alpha value is -1.76. The summed E-state index contributed by atoms with van der Waals surface area (Å²) in [5, 5.41) is 12.3. The molecule has 7 nitrogen and oxygen atoms in total. The van der Waals surface area contributed by atoms with Gasteiger partial charge in [0.05, 0.1) is 12.6 Å². The van der Waals surface area contributed by atoms with Crippen LogP contribution in [0.2, 0.25) is 0 Å². The van der Waals surface area contributed by atoms with E-state index in [1.807, 2.05) is 11.6 Å². The number of piperidine rings is 1. The van der Waals surface area contributed by atoms with Crippen LogP contribution in [0.4, 0.5) is 0 Å². The quantitative estimate of drug-likeness (QED) is 0.844. The average molecular weight is 276 g/mol. The summed E-state index contributed by atoms with van der Waals surface area (Å²) in [6.45, 7) is 5.87. The maximum absolute atomic E-state index is 5.58. The highest BCUT2D eigenvalue weighted by molar-refractivity contribution is 4.92. The molecule has 20 heavy (non-hydrogen) atoms. The number of likely N-dealkylation sites (tertiary alicyclic amines) is 1. The molecule has 3 heterocycles. The van der Waals surface area contributed by atoms with Gasteiger partial charge < -0.3 is 4.42 Å². The normalized spacial score (nSPS) is 22.0. The molecule has 3 rings (SSSR count). The van der Waals surface area contributed by atoms with Gasteiger partial charge in [0.1, 0.15) is 12.7 Å². The summed E-state index contributed by atoms with van der Waals surface area (Å²) in [6, 6.07) is 0.581. The second-order valence-corrected chi connectivity index (χ2v) is 5.34. The van der Waals surface area contributed by atoms with Crippen molar-refractivity contribution in [3.05, 3.63) is 24.4 Å². The van der Waals surface area contributed by atoms with Crippen LogP contribution in [0.3, 0.4) is 0 Å². The predicted octanol–water partition coefficient (Wildman–Crippen LogP) is 1.59. The van der Waals surface area contributed by atoms with Gasteiger partial charge in [0.2, 0.25) is 11.8 Å². The Morgan fingerprint density at radius 3 is 3.00 bits per heavy atom. The van der Waals surface area contributed by atoms with Crippen LogP contribution in [0.25, 0.3) is 0 Å². The Morgan fingerprint density at radius 1 is 1.40 bits per heavy atom. The minimum atomic E-state index is 0.144. The van der Waals surface area contributed by atoms with Gasteiger partial charge in [-0.2, -0.15) is 5.10 Å². The Labute approximate surface area is 118 Å². The third-order valence-electron chi connectivity index (χ3n) is 3.93. The number of nitrogens with zero attached hydrogens (tertiary/aromatic N) is 6. The van der Waals surface area contributed by atoms with Gasteiger partial charge >= 0.3 is 0 Å². The van der Waals surface area contributed by atoms with Crippen molar-refractivity contribution in [2.75, 3.05) is 6.54 Å². The van der Waals surface area contributed by atoms with Crippen molar-refractivity contribution in [2.45, 2.75) is 51.7 Å². The molecular weight excluding hydrogens is 256 g/mol. The Balaban J connectivity index is 1.74. The lowest BCUT2D eigenvalue weighted by atomic mass is 10.00. The van der Waals surface area contributed by atoms with Gasteiger partial charge in [0.15, 0.2) is 0 Å². The SMILES string of the molecule is Cc1nnc(C(C)N2CCCCC2Cn2cncn2)o1. The molecule has 2 unspecified atom stereocenters. The van der Waals surface area contributed by atoms with Gasteiger partial charge in [-0.05, 0) is 26.3 Å². The fourth-order valence-electron chi connectivity index (χ4n) is 2.89. The highest BCUT2D eigenvalue weighted by Crippen LogP contribution is 2.28. The van der Waals surface area contributed by atoms with E-state index in [1.54, 1.807) is 12.7 Å². The van der Waals surface area contributed by atoms with Crippen molar-refractivity contribution in [3.63, 3.8) is 0 Å². The molecule has 2 aromatic heterocycles. The second-order valence-electron chi connectivity index (χ2n) is 5.34. The van der Waals surface area contributed by atoms with Crippen molar-refractivity contribution in [1.82, 2.24) is 29.9 Å². The summed E-state index contributed by atoms with van der Waals surface area (Å²) in [6.07, 6.45) is 6.99. The molecule has 0 saturated carbocycles. The molecule has 1 aliphatic rings. The van der Waals surface area contributed by atoms with Crippen molar-refractivity contribution in [2.24, 2.45) is 0 Å². The first-order valence-corrected chi connectivity index (χ1v) is 7.12. The zero-order valence-electron chi connectivity index (χ0n) is 11.9. The molecule has 0 N–H and O–H groups in total. The zero-order chi connectivity index (χ0) is 13.9. The van der Waals surface area contributed by atoms with E-state index >= 15 is 0 Å². The van der Waals surface area contributed by atoms with Gasteiger partial charge in [0, 0.05) is 13.0 Å². The maximum atomic E-state index is 5.58. The Kier molecular flexibility index (Phi) is 3.77. The number of aryl methyl sites for hydroxylation is 1. The molecule has 7 heteroatoms. The summed E-state index contributed by atoms with van der Waals surface area (Å²) in [7, 11) is 0. The van der Waals surface area contributed by atoms with E-state index < -0.39 is 0 Å². The molecule has 1 fully saturated rings. The fourth-order valence-corrected chi connectivity index (χ4v) is 2.89. The van der Waals surface area contributed by atoms with E-state index in [9.17, 15) is 0 Å². The largest absolute Gasteiger partial charge is 0.424 e. The molecule has 0 radical (unpaired) electrons. The minimum absolute atomic E-state index is 0.144. The van der Waals surface area contributed by atoms with Crippen LogP contribution in [0.15, 0.2) is 17.1 Å². The first kappa shape index (κ1) is 13.2. The van der Waals surface area contributed by atoms with Crippen LogP contribution in [-0.4, -0.2) is 42.4 Å². The average Bonchev–Trinajstić information content (AvgIpc) is 3.10. The number of rotatable bonds is 4. The van der Waals surface area contributed by atoms with Crippen molar-refractivity contribution >= 4 is 0 Å². The van der Waals surface area contributed by atoms with Gasteiger partial charge in [-0.15, -0.1) is 10.2 Å². The van der Waals surface area contributed by atoms with E-state index in [1.165, 1.54) is 12.8 Å². The third-order valence-corrected chi connectivity index (χ3v) is 3.93. The van der Waals surface area contributed by atoms with Crippen LogP contribution >= 0.6 is 0 Å². The number of hydrogen-bond donors (Lipinski definition) is 0. The van der Waals surface area contributed by atoms with E-state index in [4.69, 9.17) is 4.42 Å². The van der Waals surface area contributed by atoms with Gasteiger partial charge in [0.25, 0.3) is 0 Å². The predicted molar refractivity (Wildman–Crippen MR) is 71.8 cm³/mol. The Morgan fingerprint density at radius 2 is 2.30 bits per heavy atom. The van der Waals surface area contributed by atoms with Crippen LogP contribution < -0.4 is 0 Å². The van der Waals surface area contributed by atoms with Crippen LogP contribution in [-0.2, 0) is 6.54 Å². The summed E-state index contributed by atoms with van der Waals surface area (Å²) in [5.74, 6) is 1.32. The van der Waals surface area contributed by atoms with Gasteiger partial charge in [-0.3, -0.25) is 9.58 Å². The Bertz CT molecular complexity index is 537. The smallest absolute Gasteiger partial charge is 0.233 e. The zero-order valence-corrected chi connectivity index (χ0v) is 11.9. The maximum Gasteiger partial charge on any atom is 0.233 e. The molecule has 108 valence electrons. The first-order valence-electron chi connectivity index (χ1n) is 7.12. The molecule has 0 amide bonds. The fraction of sp³-hybridized carbons (Fsp3) is 0.692. The van der Waals surface area contributed by atoms with E-state index in [2.05, 4.69) is 32.1 Å². The summed E-state index contributed by atoms with van der Waals surface area (Å²) in [5.41, 5.74) is 0. The van der Waals surface area contributed by atoms with E-state index in [0.717, 1.165) is 19.5 Å². The van der Waals surface area contributed by atoms with E-state index in [0.29, 0.717) is 17.8 Å². The topological polar surface area (TPSA) is 72.9 Å².